The summed E-state index contributed by atoms with van der Waals surface area (Å²) < 4.78 is 28.6. The fraction of sp³-hybridized carbons (Fsp3) is 1.00. The molecule has 0 aromatic rings. The van der Waals surface area contributed by atoms with Crippen LogP contribution < -0.4 is 9.44 Å². The van der Waals surface area contributed by atoms with Gasteiger partial charge in [0.05, 0.1) is 12.1 Å². The van der Waals surface area contributed by atoms with E-state index in [0.717, 1.165) is 19.3 Å². The van der Waals surface area contributed by atoms with Gasteiger partial charge in [-0.15, -0.1) is 0 Å². The average Bonchev–Trinajstić information content (AvgIpc) is 2.30. The van der Waals surface area contributed by atoms with Gasteiger partial charge in [0.1, 0.15) is 0 Å². The minimum atomic E-state index is -3.49. The molecule has 3 N–H and O–H groups in total. The molecule has 1 rings (SSSR count). The molecule has 0 saturated heterocycles. The van der Waals surface area contributed by atoms with Gasteiger partial charge < -0.3 is 5.11 Å². The predicted octanol–water partition coefficient (Wildman–Crippen LogP) is 0.762. The van der Waals surface area contributed by atoms with E-state index in [1.165, 1.54) is 0 Å². The second-order valence-electron chi connectivity index (χ2n) is 5.12. The number of aliphatic hydroxyl groups is 1. The minimum Gasteiger partial charge on any atom is -0.394 e. The van der Waals surface area contributed by atoms with Crippen molar-refractivity contribution in [3.63, 3.8) is 0 Å². The molecule has 17 heavy (non-hydrogen) atoms. The maximum Gasteiger partial charge on any atom is 0.277 e. The van der Waals surface area contributed by atoms with Gasteiger partial charge in [-0.1, -0.05) is 13.8 Å². The molecule has 1 saturated carbocycles. The summed E-state index contributed by atoms with van der Waals surface area (Å²) in [7, 11) is -3.49. The van der Waals surface area contributed by atoms with Gasteiger partial charge >= 0.3 is 0 Å². The van der Waals surface area contributed by atoms with Gasteiger partial charge in [0.2, 0.25) is 0 Å². The summed E-state index contributed by atoms with van der Waals surface area (Å²) in [6.07, 6.45) is 4.08. The zero-order valence-electron chi connectivity index (χ0n) is 10.7. The highest BCUT2D eigenvalue weighted by molar-refractivity contribution is 7.87. The molecule has 0 radical (unpaired) electrons. The Balaban J connectivity index is 2.62. The fourth-order valence-corrected chi connectivity index (χ4v) is 3.55. The molecular weight excluding hydrogens is 240 g/mol. The van der Waals surface area contributed by atoms with E-state index >= 15 is 0 Å². The smallest absolute Gasteiger partial charge is 0.277 e. The monoisotopic (exact) mass is 264 g/mol. The summed E-state index contributed by atoms with van der Waals surface area (Å²) in [5.41, 5.74) is -0.661. The molecule has 0 aliphatic heterocycles. The van der Waals surface area contributed by atoms with E-state index in [0.29, 0.717) is 25.3 Å². The van der Waals surface area contributed by atoms with Crippen molar-refractivity contribution < 1.29 is 13.5 Å². The third-order valence-corrected chi connectivity index (χ3v) is 4.71. The fourth-order valence-electron chi connectivity index (χ4n) is 2.16. The van der Waals surface area contributed by atoms with Crippen LogP contribution in [-0.2, 0) is 10.2 Å². The quantitative estimate of drug-likeness (QED) is 0.663. The number of nitrogens with one attached hydrogen (secondary N) is 2. The van der Waals surface area contributed by atoms with Crippen LogP contribution in [0.15, 0.2) is 0 Å². The molecular formula is C11H24N2O3S. The highest BCUT2D eigenvalue weighted by Gasteiger charge is 2.36. The van der Waals surface area contributed by atoms with Gasteiger partial charge in [0.15, 0.2) is 0 Å². The van der Waals surface area contributed by atoms with E-state index in [-0.39, 0.29) is 6.61 Å². The minimum absolute atomic E-state index is 0.132. The number of hydrogen-bond donors (Lipinski definition) is 3. The highest BCUT2D eigenvalue weighted by atomic mass is 32.2. The lowest BCUT2D eigenvalue weighted by molar-refractivity contribution is 0.125. The summed E-state index contributed by atoms with van der Waals surface area (Å²) >= 11 is 0. The van der Waals surface area contributed by atoms with Gasteiger partial charge in [-0.05, 0) is 38.0 Å². The van der Waals surface area contributed by atoms with Crippen molar-refractivity contribution in [1.29, 1.82) is 0 Å². The molecule has 0 heterocycles. The molecule has 0 aromatic heterocycles. The first-order valence-corrected chi connectivity index (χ1v) is 7.81. The van der Waals surface area contributed by atoms with Gasteiger partial charge in [-0.25, -0.2) is 4.72 Å². The molecule has 0 amide bonds. The second-order valence-corrected chi connectivity index (χ2v) is 6.62. The number of rotatable bonds is 6. The molecule has 0 unspecified atom stereocenters. The van der Waals surface area contributed by atoms with Gasteiger partial charge in [-0.3, -0.25) is 0 Å². The van der Waals surface area contributed by atoms with Gasteiger partial charge in [-0.2, -0.15) is 13.1 Å². The van der Waals surface area contributed by atoms with Crippen LogP contribution in [0.1, 0.15) is 46.0 Å². The largest absolute Gasteiger partial charge is 0.394 e. The van der Waals surface area contributed by atoms with Gasteiger partial charge in [0, 0.05) is 6.54 Å². The van der Waals surface area contributed by atoms with Crippen molar-refractivity contribution in [2.75, 3.05) is 13.2 Å². The molecule has 1 aliphatic carbocycles. The normalized spacial score (nSPS) is 30.4. The van der Waals surface area contributed by atoms with Crippen molar-refractivity contribution >= 4 is 10.2 Å². The van der Waals surface area contributed by atoms with Crippen molar-refractivity contribution in [3.8, 4) is 0 Å². The Morgan fingerprint density at radius 2 is 1.94 bits per heavy atom. The van der Waals surface area contributed by atoms with E-state index in [2.05, 4.69) is 16.4 Å². The molecule has 5 nitrogen and oxygen atoms in total. The second kappa shape index (κ2) is 6.13. The van der Waals surface area contributed by atoms with E-state index in [1.54, 1.807) is 0 Å². The van der Waals surface area contributed by atoms with E-state index in [9.17, 15) is 13.5 Å². The Morgan fingerprint density at radius 3 is 2.41 bits per heavy atom. The summed E-state index contributed by atoms with van der Waals surface area (Å²) in [6.45, 7) is 4.36. The predicted molar refractivity (Wildman–Crippen MR) is 67.8 cm³/mol. The molecule has 0 aromatic carbocycles. The van der Waals surface area contributed by atoms with Crippen LogP contribution in [0.25, 0.3) is 0 Å². The van der Waals surface area contributed by atoms with Crippen LogP contribution in [0.3, 0.4) is 0 Å². The Hall–Kier alpha value is -0.170. The Bertz CT molecular complexity index is 322. The molecule has 1 fully saturated rings. The van der Waals surface area contributed by atoms with Crippen molar-refractivity contribution in [3.05, 3.63) is 0 Å². The zero-order valence-corrected chi connectivity index (χ0v) is 11.5. The van der Waals surface area contributed by atoms with Crippen LogP contribution in [0.2, 0.25) is 0 Å². The van der Waals surface area contributed by atoms with E-state index in [4.69, 9.17) is 0 Å². The molecule has 6 heteroatoms. The lowest BCUT2D eigenvalue weighted by Gasteiger charge is -2.38. The summed E-state index contributed by atoms with van der Waals surface area (Å²) in [6, 6.07) is 0. The first-order valence-electron chi connectivity index (χ1n) is 6.32. The average molecular weight is 264 g/mol. The maximum atomic E-state index is 11.8. The molecule has 0 spiro atoms. The maximum absolute atomic E-state index is 11.8. The Labute approximate surface area is 104 Å². The lowest BCUT2D eigenvalue weighted by atomic mass is 9.78. The lowest BCUT2D eigenvalue weighted by Crippen LogP contribution is -2.56. The topological polar surface area (TPSA) is 78.4 Å². The SMILES string of the molecule is CCCNS(=O)(=O)NC1(CO)CCC(C)CC1. The molecule has 0 atom stereocenters. The first-order chi connectivity index (χ1) is 7.93. The highest BCUT2D eigenvalue weighted by Crippen LogP contribution is 2.31. The third kappa shape index (κ3) is 4.54. The summed E-state index contributed by atoms with van der Waals surface area (Å²) in [5.74, 6) is 0.614. The molecule has 102 valence electrons. The van der Waals surface area contributed by atoms with E-state index < -0.39 is 15.7 Å². The summed E-state index contributed by atoms with van der Waals surface area (Å²) in [5, 5.41) is 9.46. The Morgan fingerprint density at radius 1 is 1.35 bits per heavy atom. The van der Waals surface area contributed by atoms with E-state index in [1.807, 2.05) is 6.92 Å². The van der Waals surface area contributed by atoms with Crippen LogP contribution in [-0.4, -0.2) is 32.2 Å². The number of aliphatic hydroxyl groups excluding tert-OH is 1. The number of hydrogen-bond acceptors (Lipinski definition) is 3. The van der Waals surface area contributed by atoms with Crippen LogP contribution in [0.5, 0.6) is 0 Å². The van der Waals surface area contributed by atoms with Crippen molar-refractivity contribution in [2.24, 2.45) is 5.92 Å². The third-order valence-electron chi connectivity index (χ3n) is 3.43. The molecule has 1 aliphatic rings. The summed E-state index contributed by atoms with van der Waals surface area (Å²) in [4.78, 5) is 0. The standard InChI is InChI=1S/C11H24N2O3S/c1-3-8-12-17(15,16)13-11(9-14)6-4-10(2)5-7-11/h10,12-14H,3-9H2,1-2H3. The molecule has 0 bridgehead atoms. The van der Waals surface area contributed by atoms with Crippen molar-refractivity contribution in [1.82, 2.24) is 9.44 Å². The van der Waals surface area contributed by atoms with Crippen molar-refractivity contribution in [2.45, 2.75) is 51.5 Å². The van der Waals surface area contributed by atoms with Gasteiger partial charge in [0.25, 0.3) is 10.2 Å². The van der Waals surface area contributed by atoms with Crippen LogP contribution in [0, 0.1) is 5.92 Å². The first kappa shape index (κ1) is 14.9. The Kier molecular flexibility index (Phi) is 5.37. The van der Waals surface area contributed by atoms with Crippen LogP contribution in [0.4, 0.5) is 0 Å². The van der Waals surface area contributed by atoms with Crippen LogP contribution >= 0.6 is 0 Å². The zero-order chi connectivity index (χ0) is 12.9.